The van der Waals surface area contributed by atoms with E-state index in [4.69, 9.17) is 0 Å². The van der Waals surface area contributed by atoms with Gasteiger partial charge in [0.15, 0.2) is 0 Å². The van der Waals surface area contributed by atoms with E-state index in [1.807, 2.05) is 35.8 Å². The predicted octanol–water partition coefficient (Wildman–Crippen LogP) is 3.58. The van der Waals surface area contributed by atoms with Crippen LogP contribution >= 0.6 is 0 Å². The lowest BCUT2D eigenvalue weighted by Crippen LogP contribution is -2.07. The van der Waals surface area contributed by atoms with Gasteiger partial charge in [-0.2, -0.15) is 0 Å². The van der Waals surface area contributed by atoms with Crippen molar-refractivity contribution in [2.75, 3.05) is 5.32 Å². The molecular formula is C16H15FN4. The zero-order valence-corrected chi connectivity index (χ0v) is 11.6. The van der Waals surface area contributed by atoms with Crippen LogP contribution in [0.3, 0.4) is 0 Å². The Morgan fingerprint density at radius 3 is 2.48 bits per heavy atom. The molecule has 0 aliphatic rings. The van der Waals surface area contributed by atoms with E-state index in [0.29, 0.717) is 0 Å². The summed E-state index contributed by atoms with van der Waals surface area (Å²) < 4.78 is 14.8. The monoisotopic (exact) mass is 282 g/mol. The highest BCUT2D eigenvalue weighted by molar-refractivity contribution is 5.52. The lowest BCUT2D eigenvalue weighted by Gasteiger charge is -2.16. The first-order valence-corrected chi connectivity index (χ1v) is 6.69. The maximum absolute atomic E-state index is 13.0. The van der Waals surface area contributed by atoms with Crippen molar-refractivity contribution >= 4 is 5.69 Å². The van der Waals surface area contributed by atoms with Crippen LogP contribution in [0.4, 0.5) is 10.1 Å². The van der Waals surface area contributed by atoms with Gasteiger partial charge in [0.25, 0.3) is 0 Å². The minimum absolute atomic E-state index is 0.0850. The van der Waals surface area contributed by atoms with Gasteiger partial charge in [-0.15, -0.1) is 10.2 Å². The second-order valence-electron chi connectivity index (χ2n) is 4.84. The minimum Gasteiger partial charge on any atom is -0.378 e. The van der Waals surface area contributed by atoms with Crippen LogP contribution in [0.25, 0.3) is 5.69 Å². The lowest BCUT2D eigenvalue weighted by molar-refractivity contribution is 0.626. The molecule has 0 amide bonds. The topological polar surface area (TPSA) is 42.7 Å². The second kappa shape index (κ2) is 5.75. The molecule has 0 spiro atoms. The molecule has 3 rings (SSSR count). The van der Waals surface area contributed by atoms with Crippen LogP contribution in [0, 0.1) is 5.82 Å². The summed E-state index contributed by atoms with van der Waals surface area (Å²) in [7, 11) is 0. The average molecular weight is 282 g/mol. The molecule has 4 nitrogen and oxygen atoms in total. The Bertz CT molecular complexity index is 707. The van der Waals surface area contributed by atoms with Crippen molar-refractivity contribution in [1.82, 2.24) is 14.8 Å². The normalized spacial score (nSPS) is 12.1. The molecule has 1 aromatic heterocycles. The summed E-state index contributed by atoms with van der Waals surface area (Å²) in [4.78, 5) is 0. The summed E-state index contributed by atoms with van der Waals surface area (Å²) in [6, 6.07) is 14.6. The molecule has 0 aliphatic heterocycles. The fraction of sp³-hybridized carbons (Fsp3) is 0.125. The zero-order valence-electron chi connectivity index (χ0n) is 11.6. The highest BCUT2D eigenvalue weighted by atomic mass is 19.1. The van der Waals surface area contributed by atoms with Crippen LogP contribution in [0.5, 0.6) is 0 Å². The summed E-state index contributed by atoms with van der Waals surface area (Å²) >= 11 is 0. The molecule has 1 N–H and O–H groups in total. The van der Waals surface area contributed by atoms with E-state index < -0.39 is 0 Å². The first kappa shape index (κ1) is 13.3. The third-order valence-electron chi connectivity index (χ3n) is 3.32. The summed E-state index contributed by atoms with van der Waals surface area (Å²) in [5.41, 5.74) is 3.00. The summed E-state index contributed by atoms with van der Waals surface area (Å²) in [6.45, 7) is 2.04. The summed E-state index contributed by atoms with van der Waals surface area (Å²) in [5.74, 6) is -0.222. The number of halogens is 1. The van der Waals surface area contributed by atoms with Gasteiger partial charge in [-0.3, -0.25) is 4.57 Å². The number of rotatable bonds is 4. The van der Waals surface area contributed by atoms with E-state index in [9.17, 15) is 4.39 Å². The van der Waals surface area contributed by atoms with E-state index >= 15 is 0 Å². The maximum Gasteiger partial charge on any atom is 0.123 e. The van der Waals surface area contributed by atoms with Gasteiger partial charge in [0.1, 0.15) is 18.5 Å². The van der Waals surface area contributed by atoms with Crippen LogP contribution in [0.15, 0.2) is 61.2 Å². The zero-order chi connectivity index (χ0) is 14.7. The molecule has 5 heteroatoms. The molecule has 0 saturated heterocycles. The van der Waals surface area contributed by atoms with Crippen LogP contribution in [0.2, 0.25) is 0 Å². The molecule has 0 bridgehead atoms. The molecule has 0 saturated carbocycles. The lowest BCUT2D eigenvalue weighted by atomic mass is 10.1. The fourth-order valence-corrected chi connectivity index (χ4v) is 2.18. The predicted molar refractivity (Wildman–Crippen MR) is 79.8 cm³/mol. The van der Waals surface area contributed by atoms with Crippen LogP contribution in [-0.4, -0.2) is 14.8 Å². The molecular weight excluding hydrogens is 267 g/mol. The molecule has 2 aromatic carbocycles. The first-order valence-electron chi connectivity index (χ1n) is 6.69. The Hall–Kier alpha value is -2.69. The van der Waals surface area contributed by atoms with Gasteiger partial charge < -0.3 is 5.32 Å². The minimum atomic E-state index is -0.222. The average Bonchev–Trinajstić information content (AvgIpc) is 3.02. The van der Waals surface area contributed by atoms with Gasteiger partial charge in [-0.05, 0) is 42.8 Å². The van der Waals surface area contributed by atoms with Gasteiger partial charge in [-0.25, -0.2) is 4.39 Å². The second-order valence-corrected chi connectivity index (χ2v) is 4.84. The molecule has 1 atom stereocenters. The van der Waals surface area contributed by atoms with Crippen molar-refractivity contribution in [1.29, 1.82) is 0 Å². The van der Waals surface area contributed by atoms with E-state index in [2.05, 4.69) is 15.5 Å². The van der Waals surface area contributed by atoms with Crippen molar-refractivity contribution in [3.05, 3.63) is 72.6 Å². The largest absolute Gasteiger partial charge is 0.378 e. The third-order valence-corrected chi connectivity index (χ3v) is 3.32. The van der Waals surface area contributed by atoms with Crippen molar-refractivity contribution in [3.63, 3.8) is 0 Å². The maximum atomic E-state index is 13.0. The highest BCUT2D eigenvalue weighted by Gasteiger charge is 2.06. The van der Waals surface area contributed by atoms with Crippen molar-refractivity contribution in [3.8, 4) is 5.69 Å². The van der Waals surface area contributed by atoms with E-state index in [0.717, 1.165) is 16.9 Å². The fourth-order valence-electron chi connectivity index (χ4n) is 2.18. The Morgan fingerprint density at radius 1 is 1.05 bits per heavy atom. The standard InChI is InChI=1S/C16H15FN4/c1-12(13-5-7-14(17)8-6-13)20-15-3-2-4-16(9-15)21-10-18-19-11-21/h2-12,20H,1H3. The summed E-state index contributed by atoms with van der Waals surface area (Å²) in [6.07, 6.45) is 3.31. The number of benzene rings is 2. The van der Waals surface area contributed by atoms with E-state index in [1.54, 1.807) is 24.8 Å². The van der Waals surface area contributed by atoms with Crippen molar-refractivity contribution in [2.24, 2.45) is 0 Å². The molecule has 21 heavy (non-hydrogen) atoms. The molecule has 106 valence electrons. The van der Waals surface area contributed by atoms with Gasteiger partial charge in [0.05, 0.1) is 5.69 Å². The smallest absolute Gasteiger partial charge is 0.123 e. The molecule has 0 fully saturated rings. The number of nitrogens with one attached hydrogen (secondary N) is 1. The van der Waals surface area contributed by atoms with Crippen molar-refractivity contribution < 1.29 is 4.39 Å². The van der Waals surface area contributed by atoms with Gasteiger partial charge in [0, 0.05) is 11.7 Å². The Labute approximate surface area is 122 Å². The van der Waals surface area contributed by atoms with E-state index in [-0.39, 0.29) is 11.9 Å². The Balaban J connectivity index is 1.78. The molecule has 3 aromatic rings. The number of hydrogen-bond acceptors (Lipinski definition) is 3. The number of aromatic nitrogens is 3. The van der Waals surface area contributed by atoms with Gasteiger partial charge in [-0.1, -0.05) is 18.2 Å². The third kappa shape index (κ3) is 3.08. The number of nitrogens with zero attached hydrogens (tertiary/aromatic N) is 3. The van der Waals surface area contributed by atoms with Crippen LogP contribution < -0.4 is 5.32 Å². The first-order chi connectivity index (χ1) is 10.2. The summed E-state index contributed by atoms with van der Waals surface area (Å²) in [5, 5.41) is 11.0. The SMILES string of the molecule is CC(Nc1cccc(-n2cnnc2)c1)c1ccc(F)cc1. The number of hydrogen-bond donors (Lipinski definition) is 1. The molecule has 0 radical (unpaired) electrons. The van der Waals surface area contributed by atoms with Gasteiger partial charge >= 0.3 is 0 Å². The van der Waals surface area contributed by atoms with E-state index in [1.165, 1.54) is 12.1 Å². The molecule has 0 aliphatic carbocycles. The molecule has 1 unspecified atom stereocenters. The quantitative estimate of drug-likeness (QED) is 0.795. The van der Waals surface area contributed by atoms with Crippen LogP contribution in [0.1, 0.15) is 18.5 Å². The Morgan fingerprint density at radius 2 is 1.76 bits per heavy atom. The van der Waals surface area contributed by atoms with Crippen molar-refractivity contribution in [2.45, 2.75) is 13.0 Å². The molecule has 1 heterocycles. The Kier molecular flexibility index (Phi) is 3.64. The number of anilines is 1. The van der Waals surface area contributed by atoms with Gasteiger partial charge in [0.2, 0.25) is 0 Å². The van der Waals surface area contributed by atoms with Crippen LogP contribution in [-0.2, 0) is 0 Å². The highest BCUT2D eigenvalue weighted by Crippen LogP contribution is 2.21.